The van der Waals surface area contributed by atoms with Gasteiger partial charge < -0.3 is 24.4 Å². The molecule has 3 N–H and O–H groups in total. The van der Waals surface area contributed by atoms with Crippen molar-refractivity contribution in [1.82, 2.24) is 0 Å². The summed E-state index contributed by atoms with van der Waals surface area (Å²) in [5.41, 5.74) is 1.41. The predicted molar refractivity (Wildman–Crippen MR) is 108 cm³/mol. The third-order valence-electron chi connectivity index (χ3n) is 3.98. The van der Waals surface area contributed by atoms with E-state index in [1.807, 2.05) is 0 Å². The third-order valence-corrected chi connectivity index (χ3v) is 4.90. The topological polar surface area (TPSA) is 156 Å². The maximum atomic E-state index is 11.9. The molecule has 0 saturated heterocycles. The monoisotopic (exact) mass is 449 g/mol. The number of hydrogen-bond acceptors (Lipinski definition) is 9. The molecule has 1 aliphatic rings. The van der Waals surface area contributed by atoms with Crippen molar-refractivity contribution in [2.75, 3.05) is 25.3 Å². The highest BCUT2D eigenvalue weighted by Gasteiger charge is 2.15. The van der Waals surface area contributed by atoms with Crippen LogP contribution in [0.15, 0.2) is 52.5 Å². The molecule has 1 amide bonds. The first-order chi connectivity index (χ1) is 14.7. The second kappa shape index (κ2) is 9.45. The Balaban J connectivity index is 1.44. The Morgan fingerprint density at radius 1 is 1.13 bits per heavy atom. The molecule has 0 fully saturated rings. The van der Waals surface area contributed by atoms with Crippen molar-refractivity contribution in [1.29, 1.82) is 0 Å². The lowest BCUT2D eigenvalue weighted by atomic mass is 10.1. The second-order valence-electron chi connectivity index (χ2n) is 6.30. The Morgan fingerprint density at radius 3 is 2.68 bits per heavy atom. The average molecular weight is 449 g/mol. The van der Waals surface area contributed by atoms with Gasteiger partial charge in [0.25, 0.3) is 5.91 Å². The zero-order valence-electron chi connectivity index (χ0n) is 16.4. The molecule has 0 saturated carbocycles. The molecule has 0 aromatic heterocycles. The molecular formula is C19H19N3O8S. The zero-order valence-corrected chi connectivity index (χ0v) is 17.2. The fraction of sp³-hybridized carbons (Fsp3) is 0.211. The molecule has 31 heavy (non-hydrogen) atoms. The summed E-state index contributed by atoms with van der Waals surface area (Å²) in [4.78, 5) is 28.4. The number of nitrogens with zero attached hydrogens (tertiary/aromatic N) is 1. The minimum atomic E-state index is -3.91. The van der Waals surface area contributed by atoms with Crippen LogP contribution in [0.3, 0.4) is 0 Å². The van der Waals surface area contributed by atoms with Crippen LogP contribution in [0.25, 0.3) is 0 Å². The Morgan fingerprint density at radius 2 is 1.90 bits per heavy atom. The zero-order chi connectivity index (χ0) is 22.4. The van der Waals surface area contributed by atoms with E-state index in [1.165, 1.54) is 24.3 Å². The summed E-state index contributed by atoms with van der Waals surface area (Å²) in [7, 11) is -3.91. The molecule has 11 nitrogen and oxygen atoms in total. The molecule has 0 bridgehead atoms. The maximum Gasteiger partial charge on any atom is 0.347 e. The van der Waals surface area contributed by atoms with E-state index in [9.17, 15) is 18.0 Å². The number of esters is 1. The minimum Gasteiger partial charge on any atom is -0.454 e. The highest BCUT2D eigenvalue weighted by molar-refractivity contribution is 7.89. The number of nitrogens with one attached hydrogen (secondary N) is 1. The van der Waals surface area contributed by atoms with Crippen LogP contribution < -0.4 is 19.9 Å². The van der Waals surface area contributed by atoms with E-state index in [2.05, 4.69) is 10.5 Å². The van der Waals surface area contributed by atoms with Crippen molar-refractivity contribution in [2.45, 2.75) is 11.8 Å². The summed E-state index contributed by atoms with van der Waals surface area (Å²) in [6, 6.07) is 10.6. The van der Waals surface area contributed by atoms with Crippen molar-refractivity contribution >= 4 is 33.3 Å². The van der Waals surface area contributed by atoms with Gasteiger partial charge in [0.05, 0.1) is 10.6 Å². The summed E-state index contributed by atoms with van der Waals surface area (Å²) in [5.74, 6) is -0.251. The lowest BCUT2D eigenvalue weighted by Crippen LogP contribution is -2.22. The van der Waals surface area contributed by atoms with Crippen LogP contribution in [0, 0.1) is 0 Å². The van der Waals surface area contributed by atoms with Gasteiger partial charge in [0, 0.05) is 11.3 Å². The van der Waals surface area contributed by atoms with E-state index in [1.54, 1.807) is 25.1 Å². The normalized spacial score (nSPS) is 12.9. The number of ether oxygens (including phenoxy) is 3. The number of rotatable bonds is 8. The molecule has 164 valence electrons. The van der Waals surface area contributed by atoms with Crippen LogP contribution in [0.4, 0.5) is 5.69 Å². The Kier molecular flexibility index (Phi) is 6.72. The number of nitrogens with two attached hydrogens (primary N) is 1. The first kappa shape index (κ1) is 22.1. The van der Waals surface area contributed by atoms with Crippen LogP contribution in [-0.2, 0) is 29.2 Å². The quantitative estimate of drug-likeness (QED) is 0.343. The summed E-state index contributed by atoms with van der Waals surface area (Å²) in [6.07, 6.45) is 0. The summed E-state index contributed by atoms with van der Waals surface area (Å²) in [6.45, 7) is 0.747. The number of carbonyl (C=O) groups is 2. The largest absolute Gasteiger partial charge is 0.454 e. The molecule has 2 aromatic carbocycles. The number of fused-ring (bicyclic) bond motifs is 1. The van der Waals surface area contributed by atoms with Crippen LogP contribution in [0.5, 0.6) is 11.5 Å². The minimum absolute atomic E-state index is 0.155. The lowest BCUT2D eigenvalue weighted by Gasteiger charge is -2.07. The van der Waals surface area contributed by atoms with Gasteiger partial charge in [-0.3, -0.25) is 4.79 Å². The number of hydrogen-bond donors (Lipinski definition) is 2. The SMILES string of the molecule is C/C(=N\OCC(=O)OCC(=O)Nc1cccc(S(N)(=O)=O)c1)c1ccc2c(c1)OCO2. The summed E-state index contributed by atoms with van der Waals surface area (Å²) < 4.78 is 38.0. The van der Waals surface area contributed by atoms with Gasteiger partial charge in [-0.15, -0.1) is 0 Å². The van der Waals surface area contributed by atoms with Crippen molar-refractivity contribution < 1.29 is 37.1 Å². The van der Waals surface area contributed by atoms with Gasteiger partial charge in [0.2, 0.25) is 23.4 Å². The van der Waals surface area contributed by atoms with Gasteiger partial charge >= 0.3 is 5.97 Å². The lowest BCUT2D eigenvalue weighted by molar-refractivity contribution is -0.151. The number of sulfonamides is 1. The van der Waals surface area contributed by atoms with Crippen LogP contribution in [0.2, 0.25) is 0 Å². The van der Waals surface area contributed by atoms with Gasteiger partial charge in [0.1, 0.15) is 0 Å². The first-order valence-corrected chi connectivity index (χ1v) is 10.4. The Labute approximate surface area is 177 Å². The van der Waals surface area contributed by atoms with Gasteiger partial charge in [-0.2, -0.15) is 0 Å². The number of anilines is 1. The number of amides is 1. The highest BCUT2D eigenvalue weighted by atomic mass is 32.2. The molecule has 0 aliphatic carbocycles. The molecule has 2 aromatic rings. The smallest absolute Gasteiger partial charge is 0.347 e. The van der Waals surface area contributed by atoms with Gasteiger partial charge in [0.15, 0.2) is 18.1 Å². The van der Waals surface area contributed by atoms with Crippen LogP contribution in [0.1, 0.15) is 12.5 Å². The summed E-state index contributed by atoms with van der Waals surface area (Å²) >= 11 is 0. The fourth-order valence-electron chi connectivity index (χ4n) is 2.49. The van der Waals surface area contributed by atoms with Gasteiger partial charge in [-0.25, -0.2) is 18.4 Å². The molecule has 0 unspecified atom stereocenters. The molecular weight excluding hydrogens is 430 g/mol. The van der Waals surface area contributed by atoms with Gasteiger partial charge in [-0.05, 0) is 43.3 Å². The molecule has 0 spiro atoms. The van der Waals surface area contributed by atoms with Crippen molar-refractivity contribution in [3.05, 3.63) is 48.0 Å². The third kappa shape index (κ3) is 6.17. The molecule has 0 atom stereocenters. The van der Waals surface area contributed by atoms with Crippen molar-refractivity contribution in [2.24, 2.45) is 10.3 Å². The standard InChI is InChI=1S/C19H19N3O8S/c1-12(13-5-6-16-17(7-13)29-11-28-16)22-30-10-19(24)27-9-18(23)21-14-3-2-4-15(8-14)31(20,25)26/h2-8H,9-11H2,1H3,(H,21,23)(H2,20,25,26)/b22-12+. The highest BCUT2D eigenvalue weighted by Crippen LogP contribution is 2.32. The predicted octanol–water partition coefficient (Wildman–Crippen LogP) is 0.985. The summed E-state index contributed by atoms with van der Waals surface area (Å²) in [5, 5.41) is 11.3. The molecule has 0 radical (unpaired) electrons. The molecule has 1 heterocycles. The van der Waals surface area contributed by atoms with Crippen LogP contribution in [-0.4, -0.2) is 46.0 Å². The maximum absolute atomic E-state index is 11.9. The molecule has 1 aliphatic heterocycles. The van der Waals surface area contributed by atoms with E-state index in [0.29, 0.717) is 17.2 Å². The Hall–Kier alpha value is -3.64. The molecule has 3 rings (SSSR count). The fourth-order valence-corrected chi connectivity index (χ4v) is 3.05. The van der Waals surface area contributed by atoms with E-state index >= 15 is 0 Å². The van der Waals surface area contributed by atoms with Crippen molar-refractivity contribution in [3.63, 3.8) is 0 Å². The van der Waals surface area contributed by atoms with E-state index in [0.717, 1.165) is 5.56 Å². The van der Waals surface area contributed by atoms with Crippen molar-refractivity contribution in [3.8, 4) is 11.5 Å². The van der Waals surface area contributed by atoms with E-state index in [-0.39, 0.29) is 17.4 Å². The number of primary sulfonamides is 1. The second-order valence-corrected chi connectivity index (χ2v) is 7.86. The first-order valence-electron chi connectivity index (χ1n) is 8.87. The van der Waals surface area contributed by atoms with Gasteiger partial charge in [-0.1, -0.05) is 11.2 Å². The van der Waals surface area contributed by atoms with E-state index < -0.39 is 35.1 Å². The number of benzene rings is 2. The number of oxime groups is 1. The van der Waals surface area contributed by atoms with E-state index in [4.69, 9.17) is 24.2 Å². The van der Waals surface area contributed by atoms with Crippen LogP contribution >= 0.6 is 0 Å². The molecule has 12 heteroatoms. The number of carbonyl (C=O) groups excluding carboxylic acids is 2. The average Bonchev–Trinajstić information content (AvgIpc) is 3.19. The Bertz CT molecular complexity index is 1130.